The number of ether oxygens (including phenoxy) is 1. The third-order valence-corrected chi connectivity index (χ3v) is 6.01. The Bertz CT molecular complexity index is 1120. The number of hydrogen-bond donors (Lipinski definition) is 1. The monoisotopic (exact) mass is 479 g/mol. The zero-order valence-corrected chi connectivity index (χ0v) is 19.6. The summed E-state index contributed by atoms with van der Waals surface area (Å²) in [5.41, 5.74) is 0.986. The van der Waals surface area contributed by atoms with Gasteiger partial charge in [-0.05, 0) is 50.6 Å². The van der Waals surface area contributed by atoms with E-state index in [1.165, 1.54) is 11.8 Å². The summed E-state index contributed by atoms with van der Waals surface area (Å²) >= 11 is 13.2. The molecule has 0 aliphatic carbocycles. The molecule has 1 heterocycles. The largest absolute Gasteiger partial charge is 0.382 e. The van der Waals surface area contributed by atoms with Crippen LogP contribution < -0.4 is 10.9 Å². The lowest BCUT2D eigenvalue weighted by Crippen LogP contribution is -2.27. The average molecular weight is 480 g/mol. The molecule has 31 heavy (non-hydrogen) atoms. The Labute approximate surface area is 194 Å². The topological polar surface area (TPSA) is 73.2 Å². The number of thioether (sulfide) groups is 1. The fraction of sp³-hybridized carbons (Fsp3) is 0.318. The van der Waals surface area contributed by atoms with Gasteiger partial charge >= 0.3 is 0 Å². The fourth-order valence-corrected chi connectivity index (χ4v) is 4.45. The van der Waals surface area contributed by atoms with Gasteiger partial charge in [0.25, 0.3) is 5.56 Å². The smallest absolute Gasteiger partial charge is 0.262 e. The number of nitrogens with one attached hydrogen (secondary N) is 1. The highest BCUT2D eigenvalue weighted by atomic mass is 35.5. The molecule has 3 aromatic rings. The van der Waals surface area contributed by atoms with Gasteiger partial charge in [0.2, 0.25) is 5.91 Å². The predicted molar refractivity (Wildman–Crippen MR) is 128 cm³/mol. The maximum atomic E-state index is 13.1. The maximum Gasteiger partial charge on any atom is 0.262 e. The lowest BCUT2D eigenvalue weighted by Gasteiger charge is -2.16. The molecule has 0 bridgehead atoms. The minimum atomic E-state index is -0.510. The van der Waals surface area contributed by atoms with Gasteiger partial charge < -0.3 is 10.1 Å². The molecule has 0 radical (unpaired) electrons. The van der Waals surface area contributed by atoms with Crippen LogP contribution >= 0.6 is 35.0 Å². The Morgan fingerprint density at radius 2 is 1.94 bits per heavy atom. The number of benzene rings is 2. The summed E-state index contributed by atoms with van der Waals surface area (Å²) in [6.07, 6.45) is 0.670. The third-order valence-electron chi connectivity index (χ3n) is 4.48. The number of halogens is 2. The van der Waals surface area contributed by atoms with Crippen LogP contribution in [0.25, 0.3) is 10.9 Å². The summed E-state index contributed by atoms with van der Waals surface area (Å²) in [4.78, 5) is 30.5. The highest BCUT2D eigenvalue weighted by Gasteiger charge is 2.20. The zero-order valence-electron chi connectivity index (χ0n) is 17.2. The van der Waals surface area contributed by atoms with Gasteiger partial charge in [-0.25, -0.2) is 4.98 Å². The summed E-state index contributed by atoms with van der Waals surface area (Å²) < 4.78 is 7.02. The Balaban J connectivity index is 1.84. The molecule has 6 nitrogen and oxygen atoms in total. The summed E-state index contributed by atoms with van der Waals surface area (Å²) in [5, 5.41) is 4.21. The molecule has 164 valence electrons. The van der Waals surface area contributed by atoms with Crippen LogP contribution in [0.4, 0.5) is 5.69 Å². The third kappa shape index (κ3) is 6.23. The first-order chi connectivity index (χ1) is 14.9. The SMILES string of the molecule is CCOCCCn1c(SC(C)C(=O)Nc2cc(Cl)cc(Cl)c2)nc2ccccc2c1=O. The van der Waals surface area contributed by atoms with Crippen molar-refractivity contribution in [1.29, 1.82) is 0 Å². The van der Waals surface area contributed by atoms with Crippen molar-refractivity contribution in [2.75, 3.05) is 18.5 Å². The van der Waals surface area contributed by atoms with Crippen molar-refractivity contribution in [2.24, 2.45) is 0 Å². The number of hydrogen-bond acceptors (Lipinski definition) is 5. The number of para-hydroxylation sites is 1. The number of fused-ring (bicyclic) bond motifs is 1. The number of anilines is 1. The van der Waals surface area contributed by atoms with E-state index < -0.39 is 5.25 Å². The molecule has 0 aliphatic rings. The molecule has 1 N–H and O–H groups in total. The maximum absolute atomic E-state index is 13.1. The fourth-order valence-electron chi connectivity index (χ4n) is 2.99. The zero-order chi connectivity index (χ0) is 22.4. The van der Waals surface area contributed by atoms with Crippen LogP contribution in [-0.2, 0) is 16.1 Å². The molecule has 3 rings (SSSR count). The molecule has 0 spiro atoms. The van der Waals surface area contributed by atoms with E-state index in [1.807, 2.05) is 19.1 Å². The van der Waals surface area contributed by atoms with E-state index in [0.717, 1.165) is 0 Å². The van der Waals surface area contributed by atoms with Crippen LogP contribution in [0.5, 0.6) is 0 Å². The van der Waals surface area contributed by atoms with Crippen LogP contribution in [0.2, 0.25) is 10.0 Å². The molecule has 1 amide bonds. The van der Waals surface area contributed by atoms with E-state index in [-0.39, 0.29) is 11.5 Å². The second-order valence-corrected chi connectivity index (χ2v) is 9.01. The van der Waals surface area contributed by atoms with Gasteiger partial charge in [0.1, 0.15) is 0 Å². The van der Waals surface area contributed by atoms with Crippen LogP contribution in [0.1, 0.15) is 20.3 Å². The Morgan fingerprint density at radius 1 is 1.23 bits per heavy atom. The van der Waals surface area contributed by atoms with Crippen molar-refractivity contribution in [3.05, 3.63) is 62.9 Å². The van der Waals surface area contributed by atoms with E-state index in [2.05, 4.69) is 10.3 Å². The van der Waals surface area contributed by atoms with Crippen LogP contribution in [0.3, 0.4) is 0 Å². The number of carbonyl (C=O) groups excluding carboxylic acids is 1. The number of aromatic nitrogens is 2. The number of rotatable bonds is 9. The highest BCUT2D eigenvalue weighted by Crippen LogP contribution is 2.26. The first kappa shape index (κ1) is 23.6. The van der Waals surface area contributed by atoms with E-state index in [9.17, 15) is 9.59 Å². The van der Waals surface area contributed by atoms with Crippen LogP contribution in [0.15, 0.2) is 52.4 Å². The Hall–Kier alpha value is -2.06. The average Bonchev–Trinajstić information content (AvgIpc) is 2.72. The van der Waals surface area contributed by atoms with Gasteiger partial charge in [-0.3, -0.25) is 14.2 Å². The van der Waals surface area contributed by atoms with Crippen molar-refractivity contribution in [3.63, 3.8) is 0 Å². The Kier molecular flexibility index (Phi) is 8.37. The van der Waals surface area contributed by atoms with Crippen molar-refractivity contribution in [1.82, 2.24) is 9.55 Å². The summed E-state index contributed by atoms with van der Waals surface area (Å²) in [6.45, 7) is 5.32. The summed E-state index contributed by atoms with van der Waals surface area (Å²) in [6, 6.07) is 12.1. The standard InChI is InChI=1S/C22H23Cl2N3O3S/c1-3-30-10-6-9-27-21(29)18-7-4-5-8-19(18)26-22(27)31-14(2)20(28)25-17-12-15(23)11-16(24)13-17/h4-5,7-8,11-14H,3,6,9-10H2,1-2H3,(H,25,28). The minimum Gasteiger partial charge on any atom is -0.382 e. The molecular weight excluding hydrogens is 457 g/mol. The first-order valence-electron chi connectivity index (χ1n) is 9.90. The highest BCUT2D eigenvalue weighted by molar-refractivity contribution is 8.00. The van der Waals surface area contributed by atoms with Gasteiger partial charge in [-0.15, -0.1) is 0 Å². The number of amides is 1. The van der Waals surface area contributed by atoms with E-state index in [4.69, 9.17) is 27.9 Å². The second-order valence-electron chi connectivity index (χ2n) is 6.83. The van der Waals surface area contributed by atoms with Crippen molar-refractivity contribution < 1.29 is 9.53 Å². The molecule has 0 saturated carbocycles. The van der Waals surface area contributed by atoms with Gasteiger partial charge in [0.05, 0.1) is 16.2 Å². The van der Waals surface area contributed by atoms with E-state index >= 15 is 0 Å². The Morgan fingerprint density at radius 3 is 2.65 bits per heavy atom. The minimum absolute atomic E-state index is 0.126. The molecule has 9 heteroatoms. The quantitative estimate of drug-likeness (QED) is 0.257. The van der Waals surface area contributed by atoms with Gasteiger partial charge in [-0.1, -0.05) is 47.1 Å². The lowest BCUT2D eigenvalue weighted by atomic mass is 10.2. The molecule has 0 fully saturated rings. The van der Waals surface area contributed by atoms with Gasteiger partial charge in [0.15, 0.2) is 5.16 Å². The van der Waals surface area contributed by atoms with Crippen LogP contribution in [0, 0.1) is 0 Å². The van der Waals surface area contributed by atoms with Crippen molar-refractivity contribution >= 4 is 57.5 Å². The number of carbonyl (C=O) groups is 1. The molecule has 0 saturated heterocycles. The van der Waals surface area contributed by atoms with Crippen molar-refractivity contribution in [2.45, 2.75) is 37.2 Å². The second kappa shape index (κ2) is 11.0. The molecule has 2 aromatic carbocycles. The van der Waals surface area contributed by atoms with Gasteiger partial charge in [-0.2, -0.15) is 0 Å². The van der Waals surface area contributed by atoms with E-state index in [1.54, 1.807) is 41.8 Å². The first-order valence-corrected chi connectivity index (χ1v) is 11.5. The normalized spacial score (nSPS) is 12.1. The predicted octanol–water partition coefficient (Wildman–Crippen LogP) is 5.25. The molecule has 0 aliphatic heterocycles. The molecule has 1 aromatic heterocycles. The molecule has 1 atom stereocenters. The molecule has 1 unspecified atom stereocenters. The summed E-state index contributed by atoms with van der Waals surface area (Å²) in [5.74, 6) is -0.244. The van der Waals surface area contributed by atoms with E-state index in [0.29, 0.717) is 58.0 Å². The lowest BCUT2D eigenvalue weighted by molar-refractivity contribution is -0.115. The van der Waals surface area contributed by atoms with Gasteiger partial charge in [0, 0.05) is 35.5 Å². The molecular formula is C22H23Cl2N3O3S. The summed E-state index contributed by atoms with van der Waals surface area (Å²) in [7, 11) is 0. The van der Waals surface area contributed by atoms with Crippen LogP contribution in [-0.4, -0.2) is 33.9 Å². The van der Waals surface area contributed by atoms with Crippen molar-refractivity contribution in [3.8, 4) is 0 Å². The number of nitrogens with zero attached hydrogens (tertiary/aromatic N) is 2.